The summed E-state index contributed by atoms with van der Waals surface area (Å²) in [6.07, 6.45) is 6.54. The van der Waals surface area contributed by atoms with Crippen molar-refractivity contribution in [3.05, 3.63) is 41.5 Å². The van der Waals surface area contributed by atoms with Gasteiger partial charge in [-0.3, -0.25) is 14.7 Å². The third-order valence-electron chi connectivity index (χ3n) is 4.90. The molecule has 1 fully saturated rings. The maximum atomic E-state index is 12.3. The Morgan fingerprint density at radius 3 is 3.03 bits per heavy atom. The number of likely N-dealkylation sites (tertiary alicyclic amines) is 1. The molecule has 8 nitrogen and oxygen atoms in total. The molecule has 9 heteroatoms. The van der Waals surface area contributed by atoms with Gasteiger partial charge >= 0.3 is 0 Å². The zero-order valence-electron chi connectivity index (χ0n) is 16.4. The Kier molecular flexibility index (Phi) is 6.26. The summed E-state index contributed by atoms with van der Waals surface area (Å²) in [5, 5.41) is 9.48. The van der Waals surface area contributed by atoms with Crippen molar-refractivity contribution in [2.45, 2.75) is 39.2 Å². The molecule has 0 spiro atoms. The Morgan fingerprint density at radius 2 is 2.21 bits per heavy atom. The first-order chi connectivity index (χ1) is 14.2. The fourth-order valence-electron chi connectivity index (χ4n) is 3.47. The van der Waals surface area contributed by atoms with Crippen LogP contribution in [0.3, 0.4) is 0 Å². The number of hydrogen-bond donors (Lipinski definition) is 1. The third kappa shape index (κ3) is 5.45. The van der Waals surface area contributed by atoms with Gasteiger partial charge in [0, 0.05) is 49.3 Å². The number of carbonyl (C=O) groups is 1. The first-order valence-electron chi connectivity index (χ1n) is 9.85. The van der Waals surface area contributed by atoms with Gasteiger partial charge in [-0.15, -0.1) is 11.3 Å². The van der Waals surface area contributed by atoms with Gasteiger partial charge in [-0.05, 0) is 37.4 Å². The van der Waals surface area contributed by atoms with Crippen molar-refractivity contribution in [2.75, 3.05) is 18.4 Å². The van der Waals surface area contributed by atoms with Crippen LogP contribution in [0.25, 0.3) is 11.4 Å². The SMILES string of the molecule is CC1CCCN(Cc2csc(NC(=O)CCc3nc(-c4ccncc4)no3)n2)C1. The fourth-order valence-corrected chi connectivity index (χ4v) is 4.19. The van der Waals surface area contributed by atoms with Crippen molar-refractivity contribution in [3.8, 4) is 11.4 Å². The molecule has 0 aromatic carbocycles. The van der Waals surface area contributed by atoms with E-state index in [-0.39, 0.29) is 12.3 Å². The monoisotopic (exact) mass is 412 g/mol. The van der Waals surface area contributed by atoms with Crippen LogP contribution < -0.4 is 5.32 Å². The van der Waals surface area contributed by atoms with Crippen LogP contribution in [-0.4, -0.2) is 44.0 Å². The number of aryl methyl sites for hydroxylation is 1. The summed E-state index contributed by atoms with van der Waals surface area (Å²) in [5.41, 5.74) is 1.84. The van der Waals surface area contributed by atoms with Gasteiger partial charge in [0.15, 0.2) is 5.13 Å². The van der Waals surface area contributed by atoms with E-state index in [1.54, 1.807) is 12.4 Å². The lowest BCUT2D eigenvalue weighted by molar-refractivity contribution is -0.116. The van der Waals surface area contributed by atoms with Crippen molar-refractivity contribution < 1.29 is 9.32 Å². The van der Waals surface area contributed by atoms with E-state index < -0.39 is 0 Å². The predicted molar refractivity (Wildman–Crippen MR) is 110 cm³/mol. The number of anilines is 1. The molecule has 152 valence electrons. The van der Waals surface area contributed by atoms with Crippen LogP contribution in [-0.2, 0) is 17.8 Å². The highest BCUT2D eigenvalue weighted by Gasteiger charge is 2.18. The van der Waals surface area contributed by atoms with E-state index in [0.29, 0.717) is 23.3 Å². The van der Waals surface area contributed by atoms with E-state index in [1.165, 1.54) is 24.2 Å². The van der Waals surface area contributed by atoms with Crippen LogP contribution in [0.2, 0.25) is 0 Å². The Bertz CT molecular complexity index is 941. The van der Waals surface area contributed by atoms with Crippen LogP contribution in [0.1, 0.15) is 37.8 Å². The molecule has 0 saturated carbocycles. The average molecular weight is 413 g/mol. The summed E-state index contributed by atoms with van der Waals surface area (Å²) in [7, 11) is 0. The molecule has 1 aliphatic heterocycles. The minimum Gasteiger partial charge on any atom is -0.339 e. The lowest BCUT2D eigenvalue weighted by Crippen LogP contribution is -2.33. The molecule has 3 aromatic rings. The molecular weight excluding hydrogens is 388 g/mol. The van der Waals surface area contributed by atoms with Crippen molar-refractivity contribution in [1.29, 1.82) is 0 Å². The molecule has 3 aromatic heterocycles. The van der Waals surface area contributed by atoms with Crippen molar-refractivity contribution in [1.82, 2.24) is 25.0 Å². The first kappa shape index (κ1) is 19.7. The van der Waals surface area contributed by atoms with Gasteiger partial charge in [0.05, 0.1) is 5.69 Å². The topological polar surface area (TPSA) is 97.0 Å². The lowest BCUT2D eigenvalue weighted by Gasteiger charge is -2.30. The Hall–Kier alpha value is -2.65. The van der Waals surface area contributed by atoms with E-state index in [4.69, 9.17) is 4.52 Å². The molecule has 1 saturated heterocycles. The molecule has 4 rings (SSSR count). The molecule has 1 aliphatic rings. The second kappa shape index (κ2) is 9.23. The maximum Gasteiger partial charge on any atom is 0.227 e. The van der Waals surface area contributed by atoms with E-state index in [0.717, 1.165) is 36.8 Å². The average Bonchev–Trinajstić information content (AvgIpc) is 3.37. The molecule has 1 unspecified atom stereocenters. The number of carbonyl (C=O) groups excluding carboxylic acids is 1. The van der Waals surface area contributed by atoms with Gasteiger partial charge in [0.2, 0.25) is 17.6 Å². The Morgan fingerprint density at radius 1 is 1.34 bits per heavy atom. The van der Waals surface area contributed by atoms with Crippen molar-refractivity contribution in [2.24, 2.45) is 5.92 Å². The first-order valence-corrected chi connectivity index (χ1v) is 10.7. The summed E-state index contributed by atoms with van der Waals surface area (Å²) in [6.45, 7) is 5.37. The van der Waals surface area contributed by atoms with Crippen LogP contribution in [0, 0.1) is 5.92 Å². The predicted octanol–water partition coefficient (Wildman–Crippen LogP) is 3.39. The second-order valence-corrected chi connectivity index (χ2v) is 8.28. The van der Waals surface area contributed by atoms with Gasteiger partial charge in [-0.2, -0.15) is 4.98 Å². The number of nitrogens with one attached hydrogen (secondary N) is 1. The number of thiazole rings is 1. The summed E-state index contributed by atoms with van der Waals surface area (Å²) < 4.78 is 5.24. The van der Waals surface area contributed by atoms with Gasteiger partial charge in [-0.1, -0.05) is 12.1 Å². The van der Waals surface area contributed by atoms with Crippen molar-refractivity contribution in [3.63, 3.8) is 0 Å². The summed E-state index contributed by atoms with van der Waals surface area (Å²) in [5.74, 6) is 1.57. The Labute approximate surface area is 173 Å². The van der Waals surface area contributed by atoms with Crippen LogP contribution in [0.5, 0.6) is 0 Å². The van der Waals surface area contributed by atoms with Gasteiger partial charge in [0.25, 0.3) is 0 Å². The molecule has 1 amide bonds. The standard InChI is InChI=1S/C20H24N6O2S/c1-14-3-2-10-26(11-14)12-16-13-29-20(22-16)23-17(27)4-5-18-24-19(25-28-18)15-6-8-21-9-7-15/h6-9,13-14H,2-5,10-12H2,1H3,(H,22,23,27). The van der Waals surface area contributed by atoms with E-state index in [1.807, 2.05) is 17.5 Å². The molecule has 29 heavy (non-hydrogen) atoms. The molecule has 1 N–H and O–H groups in total. The Balaban J connectivity index is 1.25. The number of rotatable bonds is 7. The second-order valence-electron chi connectivity index (χ2n) is 7.42. The molecular formula is C20H24N6O2S. The molecule has 0 bridgehead atoms. The minimum absolute atomic E-state index is 0.110. The number of aromatic nitrogens is 4. The zero-order chi connectivity index (χ0) is 20.1. The van der Waals surface area contributed by atoms with E-state index in [9.17, 15) is 4.79 Å². The number of nitrogens with zero attached hydrogens (tertiary/aromatic N) is 5. The number of amides is 1. The number of hydrogen-bond acceptors (Lipinski definition) is 8. The summed E-state index contributed by atoms with van der Waals surface area (Å²) >= 11 is 1.46. The van der Waals surface area contributed by atoms with Gasteiger partial charge in [0.1, 0.15) is 0 Å². The smallest absolute Gasteiger partial charge is 0.227 e. The van der Waals surface area contributed by atoms with Crippen LogP contribution in [0.4, 0.5) is 5.13 Å². The zero-order valence-corrected chi connectivity index (χ0v) is 17.2. The van der Waals surface area contributed by atoms with Gasteiger partial charge in [-0.25, -0.2) is 4.98 Å². The summed E-state index contributed by atoms with van der Waals surface area (Å²) in [6, 6.07) is 3.62. The molecule has 1 atom stereocenters. The van der Waals surface area contributed by atoms with Crippen molar-refractivity contribution >= 4 is 22.4 Å². The largest absolute Gasteiger partial charge is 0.339 e. The molecule has 4 heterocycles. The maximum absolute atomic E-state index is 12.3. The highest BCUT2D eigenvalue weighted by Crippen LogP contribution is 2.21. The van der Waals surface area contributed by atoms with Gasteiger partial charge < -0.3 is 9.84 Å². The van der Waals surface area contributed by atoms with E-state index in [2.05, 4.69) is 37.2 Å². The van der Waals surface area contributed by atoms with Crippen LogP contribution in [0.15, 0.2) is 34.4 Å². The fraction of sp³-hybridized carbons (Fsp3) is 0.450. The highest BCUT2D eigenvalue weighted by atomic mass is 32.1. The normalized spacial score (nSPS) is 17.3. The van der Waals surface area contributed by atoms with Crippen LogP contribution >= 0.6 is 11.3 Å². The lowest BCUT2D eigenvalue weighted by atomic mass is 10.0. The number of piperidine rings is 1. The third-order valence-corrected chi connectivity index (χ3v) is 5.70. The molecule has 0 aliphatic carbocycles. The molecule has 0 radical (unpaired) electrons. The number of pyridine rings is 1. The quantitative estimate of drug-likeness (QED) is 0.635. The summed E-state index contributed by atoms with van der Waals surface area (Å²) in [4.78, 5) is 27.5. The highest BCUT2D eigenvalue weighted by molar-refractivity contribution is 7.13. The minimum atomic E-state index is -0.110. The van der Waals surface area contributed by atoms with E-state index >= 15 is 0 Å².